The Morgan fingerprint density at radius 3 is 2.53 bits per heavy atom. The van der Waals surface area contributed by atoms with Crippen molar-refractivity contribution in [2.75, 3.05) is 0 Å². The summed E-state index contributed by atoms with van der Waals surface area (Å²) in [6.45, 7) is 7.89. The maximum absolute atomic E-state index is 13.3. The molecule has 82 valence electrons. The van der Waals surface area contributed by atoms with Crippen LogP contribution in [0.25, 0.3) is 0 Å². The van der Waals surface area contributed by atoms with Crippen molar-refractivity contribution in [2.45, 2.75) is 40.0 Å². The fourth-order valence-electron chi connectivity index (χ4n) is 1.07. The standard InChI is InChI=1S/C10H11FN2.C2H6/c1-3-7(2)10-9(11)4-8(5-12)6-13-10;1-2/h4,6-7H,3H2,1-2H3;1-2H3. The summed E-state index contributed by atoms with van der Waals surface area (Å²) in [6, 6.07) is 3.08. The van der Waals surface area contributed by atoms with E-state index in [1.165, 1.54) is 12.3 Å². The summed E-state index contributed by atoms with van der Waals surface area (Å²) in [5, 5.41) is 8.49. The van der Waals surface area contributed by atoms with Gasteiger partial charge < -0.3 is 0 Å². The molecule has 0 bridgehead atoms. The van der Waals surface area contributed by atoms with E-state index in [0.29, 0.717) is 5.69 Å². The maximum atomic E-state index is 13.3. The Morgan fingerprint density at radius 1 is 1.53 bits per heavy atom. The van der Waals surface area contributed by atoms with Crippen LogP contribution in [0.3, 0.4) is 0 Å². The molecule has 1 unspecified atom stereocenters. The molecule has 0 spiro atoms. The van der Waals surface area contributed by atoms with E-state index >= 15 is 0 Å². The number of rotatable bonds is 2. The Bertz CT molecular complexity index is 342. The molecule has 2 nitrogen and oxygen atoms in total. The molecular weight excluding hydrogens is 191 g/mol. The smallest absolute Gasteiger partial charge is 0.146 e. The number of pyridine rings is 1. The van der Waals surface area contributed by atoms with Gasteiger partial charge in [0.15, 0.2) is 0 Å². The van der Waals surface area contributed by atoms with Crippen molar-refractivity contribution >= 4 is 0 Å². The minimum atomic E-state index is -0.381. The topological polar surface area (TPSA) is 36.7 Å². The highest BCUT2D eigenvalue weighted by molar-refractivity contribution is 5.28. The van der Waals surface area contributed by atoms with Gasteiger partial charge in [0, 0.05) is 12.1 Å². The van der Waals surface area contributed by atoms with Gasteiger partial charge in [-0.1, -0.05) is 27.7 Å². The van der Waals surface area contributed by atoms with Gasteiger partial charge in [0.2, 0.25) is 0 Å². The molecule has 15 heavy (non-hydrogen) atoms. The average Bonchev–Trinajstić information content (AvgIpc) is 2.30. The predicted octanol–water partition coefficient (Wildman–Crippen LogP) is 3.63. The Balaban J connectivity index is 0.000000921. The quantitative estimate of drug-likeness (QED) is 0.744. The molecule has 0 aliphatic rings. The van der Waals surface area contributed by atoms with Gasteiger partial charge in [-0.2, -0.15) is 5.26 Å². The molecule has 0 aliphatic heterocycles. The molecule has 0 saturated carbocycles. The molecule has 1 aromatic heterocycles. The lowest BCUT2D eigenvalue weighted by Gasteiger charge is -2.08. The number of hydrogen-bond donors (Lipinski definition) is 0. The second-order valence-electron chi connectivity index (χ2n) is 3.01. The fraction of sp³-hybridized carbons (Fsp3) is 0.500. The van der Waals surface area contributed by atoms with Crippen molar-refractivity contribution in [3.8, 4) is 6.07 Å². The molecule has 0 radical (unpaired) electrons. The summed E-state index contributed by atoms with van der Waals surface area (Å²) in [5.41, 5.74) is 0.714. The lowest BCUT2D eigenvalue weighted by atomic mass is 10.0. The first kappa shape index (κ1) is 13.6. The van der Waals surface area contributed by atoms with Gasteiger partial charge in [-0.05, 0) is 12.5 Å². The van der Waals surface area contributed by atoms with Crippen molar-refractivity contribution < 1.29 is 4.39 Å². The van der Waals surface area contributed by atoms with E-state index in [1.54, 1.807) is 0 Å². The van der Waals surface area contributed by atoms with E-state index in [0.717, 1.165) is 6.42 Å². The van der Waals surface area contributed by atoms with Gasteiger partial charge in [-0.25, -0.2) is 4.39 Å². The van der Waals surface area contributed by atoms with Crippen molar-refractivity contribution in [2.24, 2.45) is 0 Å². The Hall–Kier alpha value is -1.43. The van der Waals surface area contributed by atoms with Crippen LogP contribution in [0.1, 0.15) is 51.3 Å². The third kappa shape index (κ3) is 3.67. The van der Waals surface area contributed by atoms with Crippen LogP contribution in [0.15, 0.2) is 12.3 Å². The van der Waals surface area contributed by atoms with Crippen molar-refractivity contribution in [3.05, 3.63) is 29.3 Å². The Kier molecular flexibility index (Phi) is 6.28. The van der Waals surface area contributed by atoms with E-state index < -0.39 is 0 Å². The summed E-state index contributed by atoms with van der Waals surface area (Å²) >= 11 is 0. The number of nitrogens with zero attached hydrogens (tertiary/aromatic N) is 2. The molecule has 0 N–H and O–H groups in total. The average molecular weight is 208 g/mol. The minimum Gasteiger partial charge on any atom is -0.257 e. The summed E-state index contributed by atoms with van der Waals surface area (Å²) in [7, 11) is 0. The SMILES string of the molecule is CC.CCC(C)c1ncc(C#N)cc1F. The van der Waals surface area contributed by atoms with Gasteiger partial charge >= 0.3 is 0 Å². The number of halogens is 1. The molecule has 1 atom stereocenters. The number of hydrogen-bond acceptors (Lipinski definition) is 2. The van der Waals surface area contributed by atoms with Crippen LogP contribution in [0.4, 0.5) is 4.39 Å². The largest absolute Gasteiger partial charge is 0.257 e. The molecule has 0 aromatic carbocycles. The second kappa shape index (κ2) is 6.94. The van der Waals surface area contributed by atoms with Crippen LogP contribution in [0.5, 0.6) is 0 Å². The summed E-state index contributed by atoms with van der Waals surface area (Å²) in [6.07, 6.45) is 2.25. The van der Waals surface area contributed by atoms with Crippen molar-refractivity contribution in [1.82, 2.24) is 4.98 Å². The van der Waals surface area contributed by atoms with E-state index in [2.05, 4.69) is 4.98 Å². The van der Waals surface area contributed by atoms with Crippen molar-refractivity contribution in [1.29, 1.82) is 5.26 Å². The fourth-order valence-corrected chi connectivity index (χ4v) is 1.07. The summed E-state index contributed by atoms with van der Waals surface area (Å²) in [4.78, 5) is 3.92. The number of aromatic nitrogens is 1. The Labute approximate surface area is 90.8 Å². The molecule has 1 aromatic rings. The summed E-state index contributed by atoms with van der Waals surface area (Å²) in [5.74, 6) is -0.277. The van der Waals surface area contributed by atoms with Gasteiger partial charge in [-0.15, -0.1) is 0 Å². The highest BCUT2D eigenvalue weighted by atomic mass is 19.1. The molecule has 0 saturated heterocycles. The zero-order valence-electron chi connectivity index (χ0n) is 9.71. The zero-order valence-corrected chi connectivity index (χ0v) is 9.71. The first-order chi connectivity index (χ1) is 7.19. The highest BCUT2D eigenvalue weighted by Crippen LogP contribution is 2.19. The first-order valence-electron chi connectivity index (χ1n) is 5.24. The van der Waals surface area contributed by atoms with Crippen LogP contribution in [0, 0.1) is 17.1 Å². The minimum absolute atomic E-state index is 0.104. The van der Waals surface area contributed by atoms with Crippen LogP contribution in [0.2, 0.25) is 0 Å². The van der Waals surface area contributed by atoms with Crippen LogP contribution >= 0.6 is 0 Å². The zero-order chi connectivity index (χ0) is 11.8. The molecule has 1 rings (SSSR count). The first-order valence-corrected chi connectivity index (χ1v) is 5.24. The lowest BCUT2D eigenvalue weighted by Crippen LogP contribution is -2.00. The van der Waals surface area contributed by atoms with E-state index in [4.69, 9.17) is 5.26 Å². The predicted molar refractivity (Wildman–Crippen MR) is 59.0 cm³/mol. The van der Waals surface area contributed by atoms with Gasteiger partial charge in [0.05, 0.1) is 11.3 Å². The van der Waals surface area contributed by atoms with Crippen LogP contribution < -0.4 is 0 Å². The van der Waals surface area contributed by atoms with Crippen LogP contribution in [-0.4, -0.2) is 4.98 Å². The van der Waals surface area contributed by atoms with Gasteiger partial charge in [-0.3, -0.25) is 4.98 Å². The van der Waals surface area contributed by atoms with E-state index in [-0.39, 0.29) is 17.3 Å². The van der Waals surface area contributed by atoms with Gasteiger partial charge in [0.25, 0.3) is 0 Å². The van der Waals surface area contributed by atoms with Crippen LogP contribution in [-0.2, 0) is 0 Å². The summed E-state index contributed by atoms with van der Waals surface area (Å²) < 4.78 is 13.3. The normalized spacial score (nSPS) is 10.9. The van der Waals surface area contributed by atoms with E-state index in [9.17, 15) is 4.39 Å². The third-order valence-corrected chi connectivity index (χ3v) is 2.08. The Morgan fingerprint density at radius 2 is 2.13 bits per heavy atom. The molecular formula is C12H17FN2. The monoisotopic (exact) mass is 208 g/mol. The highest BCUT2D eigenvalue weighted by Gasteiger charge is 2.10. The van der Waals surface area contributed by atoms with Gasteiger partial charge in [0.1, 0.15) is 11.9 Å². The molecule has 3 heteroatoms. The number of nitriles is 1. The lowest BCUT2D eigenvalue weighted by molar-refractivity contribution is 0.567. The van der Waals surface area contributed by atoms with Crippen molar-refractivity contribution in [3.63, 3.8) is 0 Å². The molecule has 1 heterocycles. The maximum Gasteiger partial charge on any atom is 0.146 e. The molecule has 0 aliphatic carbocycles. The molecule has 0 fully saturated rings. The third-order valence-electron chi connectivity index (χ3n) is 2.08. The van der Waals surface area contributed by atoms with E-state index in [1.807, 2.05) is 33.8 Å². The molecule has 0 amide bonds. The second-order valence-corrected chi connectivity index (χ2v) is 3.01.